The monoisotopic (exact) mass is 666 g/mol. The minimum Gasteiger partial charge on any atom is -0.309 e. The van der Waals surface area contributed by atoms with Gasteiger partial charge in [-0.05, 0) is 76.1 Å². The molecule has 0 unspecified atom stereocenters. The minimum atomic E-state index is -0.719. The van der Waals surface area contributed by atoms with Crippen molar-refractivity contribution in [2.24, 2.45) is 0 Å². The number of fused-ring (bicyclic) bond motifs is 9. The number of nitrogens with zero attached hydrogens (tertiary/aromatic N) is 4. The van der Waals surface area contributed by atoms with E-state index in [1.807, 2.05) is 6.20 Å². The van der Waals surface area contributed by atoms with Crippen molar-refractivity contribution < 1.29 is 0 Å². The third kappa shape index (κ3) is 4.32. The summed E-state index contributed by atoms with van der Waals surface area (Å²) in [5.41, 5.74) is 13.6. The molecule has 1 aliphatic rings. The Kier molecular flexibility index (Phi) is 6.09. The first kappa shape index (κ1) is 28.3. The van der Waals surface area contributed by atoms with Gasteiger partial charge in [0.05, 0.1) is 48.7 Å². The zero-order valence-electron chi connectivity index (χ0n) is 27.7. The predicted octanol–water partition coefficient (Wildman–Crippen LogP) is 9.10. The smallest absolute Gasteiger partial charge is 0.0933 e. The lowest BCUT2D eigenvalue weighted by atomic mass is 10.0. The average molecular weight is 667 g/mol. The van der Waals surface area contributed by atoms with Crippen LogP contribution in [0.2, 0.25) is 0 Å². The summed E-state index contributed by atoms with van der Waals surface area (Å²) in [6, 6.07) is 59.1. The van der Waals surface area contributed by atoms with Gasteiger partial charge in [-0.2, -0.15) is 0 Å². The Morgan fingerprint density at radius 3 is 1.59 bits per heavy atom. The number of para-hydroxylation sites is 4. The van der Waals surface area contributed by atoms with E-state index in [4.69, 9.17) is 9.97 Å². The van der Waals surface area contributed by atoms with Crippen LogP contribution in [-0.4, -0.2) is 28.6 Å². The molecule has 0 fully saturated rings. The van der Waals surface area contributed by atoms with Crippen molar-refractivity contribution in [1.82, 2.24) is 19.1 Å². The van der Waals surface area contributed by atoms with Crippen LogP contribution in [0.1, 0.15) is 0 Å². The van der Waals surface area contributed by atoms with E-state index >= 15 is 0 Å². The summed E-state index contributed by atoms with van der Waals surface area (Å²) < 4.78 is 4.74. The van der Waals surface area contributed by atoms with Crippen molar-refractivity contribution in [2.75, 3.05) is 0 Å². The van der Waals surface area contributed by atoms with E-state index < -0.39 is 9.52 Å². The molecule has 0 atom stereocenters. The van der Waals surface area contributed by atoms with Crippen LogP contribution in [0, 0.1) is 0 Å². The van der Waals surface area contributed by atoms with Gasteiger partial charge in [-0.3, -0.25) is 4.98 Å². The number of pyridine rings is 2. The van der Waals surface area contributed by atoms with E-state index in [1.165, 1.54) is 65.2 Å². The predicted molar refractivity (Wildman–Crippen MR) is 215 cm³/mol. The fraction of sp³-hybridized carbons (Fsp3) is 0. The largest absolute Gasteiger partial charge is 0.309 e. The van der Waals surface area contributed by atoms with Crippen LogP contribution in [0.15, 0.2) is 170 Å². The second-order valence-corrected chi connectivity index (χ2v) is 15.3. The maximum absolute atomic E-state index is 5.30. The normalized spacial score (nSPS) is 12.7. The van der Waals surface area contributed by atoms with Crippen molar-refractivity contribution in [1.29, 1.82) is 0 Å². The zero-order chi connectivity index (χ0) is 33.5. The van der Waals surface area contributed by atoms with Crippen molar-refractivity contribution in [3.8, 4) is 45.1 Å². The first-order valence-electron chi connectivity index (χ1n) is 17.5. The highest BCUT2D eigenvalue weighted by molar-refractivity contribution is 6.73. The number of benzene rings is 6. The maximum Gasteiger partial charge on any atom is 0.0933 e. The minimum absolute atomic E-state index is 0.719. The molecule has 0 spiro atoms. The molecule has 5 heteroatoms. The number of hydrogen-bond donors (Lipinski definition) is 0. The van der Waals surface area contributed by atoms with Crippen LogP contribution >= 0.6 is 0 Å². The average Bonchev–Trinajstić information content (AvgIpc) is 3.85. The fourth-order valence-corrected chi connectivity index (χ4v) is 10.0. The highest BCUT2D eigenvalue weighted by Crippen LogP contribution is 2.37. The van der Waals surface area contributed by atoms with Gasteiger partial charge in [-0.15, -0.1) is 0 Å². The highest BCUT2D eigenvalue weighted by Gasteiger charge is 2.24. The van der Waals surface area contributed by atoms with Crippen LogP contribution in [0.5, 0.6) is 0 Å². The first-order valence-corrected chi connectivity index (χ1v) is 18.9. The van der Waals surface area contributed by atoms with E-state index in [2.05, 4.69) is 173 Å². The SMILES string of the molecule is c1ccc(-n2c3ccccc3c3ccc(-c4cnc5c(c4)[SiH2]c4ccc(-c6ccc7c8ccccc8n(-c8ccccc8)c7c6)nc4-5)cc32)cc1. The molecule has 4 nitrogen and oxygen atoms in total. The van der Waals surface area contributed by atoms with Crippen LogP contribution in [0.25, 0.3) is 88.8 Å². The van der Waals surface area contributed by atoms with Gasteiger partial charge in [-0.1, -0.05) is 109 Å². The van der Waals surface area contributed by atoms with Crippen molar-refractivity contribution in [2.45, 2.75) is 0 Å². The van der Waals surface area contributed by atoms with Crippen molar-refractivity contribution in [3.63, 3.8) is 0 Å². The second-order valence-electron chi connectivity index (χ2n) is 13.5. The molecule has 5 heterocycles. The number of hydrogen-bond acceptors (Lipinski definition) is 2. The highest BCUT2D eigenvalue weighted by atomic mass is 28.2. The summed E-state index contributed by atoms with van der Waals surface area (Å²) in [4.78, 5) is 10.4. The summed E-state index contributed by atoms with van der Waals surface area (Å²) in [6.07, 6.45) is 2.04. The molecular formula is C46H30N4Si. The summed E-state index contributed by atoms with van der Waals surface area (Å²) in [5, 5.41) is 7.74. The Labute approximate surface area is 296 Å². The van der Waals surface area contributed by atoms with Crippen molar-refractivity contribution >= 4 is 63.5 Å². The van der Waals surface area contributed by atoms with E-state index in [1.54, 1.807) is 0 Å². The molecule has 0 saturated heterocycles. The molecule has 238 valence electrons. The molecule has 11 rings (SSSR count). The standard InChI is InChI=1S/C46H30N4Si/c1-3-11-32(12-4-1)49-39-17-9-7-15-34(39)36-21-19-29(25-41(36)49)31-27-44-45(47-28-31)46-43(51-44)24-23-38(48-46)30-20-22-37-35-16-8-10-18-40(35)50(42(37)26-30)33-13-5-2-6-14-33/h1-28H,51H2. The molecule has 0 bridgehead atoms. The van der Waals surface area contributed by atoms with Gasteiger partial charge in [-0.25, -0.2) is 4.98 Å². The van der Waals surface area contributed by atoms with Crippen LogP contribution in [0.4, 0.5) is 0 Å². The van der Waals surface area contributed by atoms with Gasteiger partial charge in [0.15, 0.2) is 0 Å². The lowest BCUT2D eigenvalue weighted by Gasteiger charge is -2.10. The lowest BCUT2D eigenvalue weighted by Crippen LogP contribution is -2.21. The van der Waals surface area contributed by atoms with Crippen LogP contribution in [0.3, 0.4) is 0 Å². The molecule has 0 aliphatic carbocycles. The van der Waals surface area contributed by atoms with E-state index in [-0.39, 0.29) is 0 Å². The van der Waals surface area contributed by atoms with Gasteiger partial charge >= 0.3 is 0 Å². The van der Waals surface area contributed by atoms with E-state index in [0.29, 0.717) is 0 Å². The third-order valence-corrected chi connectivity index (χ3v) is 12.4. The van der Waals surface area contributed by atoms with Crippen molar-refractivity contribution in [3.05, 3.63) is 170 Å². The summed E-state index contributed by atoms with van der Waals surface area (Å²) in [7, 11) is -0.719. The molecule has 1 aliphatic heterocycles. The molecule has 6 aromatic carbocycles. The third-order valence-electron chi connectivity index (χ3n) is 10.6. The quantitative estimate of drug-likeness (QED) is 0.176. The van der Waals surface area contributed by atoms with Gasteiger partial charge in [0.1, 0.15) is 0 Å². The van der Waals surface area contributed by atoms with E-state index in [9.17, 15) is 0 Å². The molecule has 0 N–H and O–H groups in total. The number of aromatic nitrogens is 4. The Bertz CT molecular complexity index is 2990. The molecule has 0 amide bonds. The Balaban J connectivity index is 0.997. The summed E-state index contributed by atoms with van der Waals surface area (Å²) in [6.45, 7) is 0. The second kappa shape index (κ2) is 11.0. The molecule has 51 heavy (non-hydrogen) atoms. The number of rotatable bonds is 4. The fourth-order valence-electron chi connectivity index (χ4n) is 8.21. The van der Waals surface area contributed by atoms with Gasteiger partial charge in [0.2, 0.25) is 0 Å². The first-order chi connectivity index (χ1) is 25.3. The Morgan fingerprint density at radius 1 is 0.392 bits per heavy atom. The van der Waals surface area contributed by atoms with Gasteiger partial charge in [0.25, 0.3) is 0 Å². The van der Waals surface area contributed by atoms with E-state index in [0.717, 1.165) is 33.9 Å². The van der Waals surface area contributed by atoms with Crippen LogP contribution in [-0.2, 0) is 0 Å². The lowest BCUT2D eigenvalue weighted by molar-refractivity contribution is 1.18. The Hall–Kier alpha value is -6.56. The summed E-state index contributed by atoms with van der Waals surface area (Å²) in [5.74, 6) is 0. The maximum atomic E-state index is 5.30. The molecule has 0 saturated carbocycles. The molecular weight excluding hydrogens is 637 g/mol. The summed E-state index contributed by atoms with van der Waals surface area (Å²) >= 11 is 0. The van der Waals surface area contributed by atoms with Gasteiger partial charge < -0.3 is 9.13 Å². The van der Waals surface area contributed by atoms with Crippen LogP contribution < -0.4 is 10.4 Å². The van der Waals surface area contributed by atoms with Gasteiger partial charge in [0, 0.05) is 44.7 Å². The molecule has 0 radical (unpaired) electrons. The zero-order valence-corrected chi connectivity index (χ0v) is 29.1. The Morgan fingerprint density at radius 2 is 0.941 bits per heavy atom. The topological polar surface area (TPSA) is 35.6 Å². The molecule has 10 aromatic rings. The molecule has 4 aromatic heterocycles.